The van der Waals surface area contributed by atoms with Gasteiger partial charge in [0.1, 0.15) is 0 Å². The molecule has 7 heteroatoms. The minimum atomic E-state index is -0.318. The van der Waals surface area contributed by atoms with Gasteiger partial charge in [0.05, 0.1) is 4.91 Å². The van der Waals surface area contributed by atoms with Gasteiger partial charge in [-0.1, -0.05) is 48.5 Å². The fourth-order valence-electron chi connectivity index (χ4n) is 3.38. The molecule has 2 heterocycles. The van der Waals surface area contributed by atoms with Crippen LogP contribution in [-0.4, -0.2) is 40.0 Å². The second-order valence-electron chi connectivity index (χ2n) is 6.95. The van der Waals surface area contributed by atoms with E-state index in [9.17, 15) is 14.4 Å². The van der Waals surface area contributed by atoms with Crippen molar-refractivity contribution in [3.8, 4) is 0 Å². The number of hydrogen-bond donors (Lipinski definition) is 2. The van der Waals surface area contributed by atoms with Gasteiger partial charge in [-0.25, -0.2) is 0 Å². The average Bonchev–Trinajstić information content (AvgIpc) is 3.29. The Morgan fingerprint density at radius 1 is 1.07 bits per heavy atom. The van der Waals surface area contributed by atoms with E-state index in [1.54, 1.807) is 6.08 Å². The van der Waals surface area contributed by atoms with E-state index in [0.717, 1.165) is 33.8 Å². The van der Waals surface area contributed by atoms with Crippen molar-refractivity contribution < 1.29 is 14.4 Å². The SMILES string of the molecule is O=C(CCc1c[nH]c2ccccc12)NCCN1C(=O)S/C(=C\c2ccccc2)C1=O. The zero-order chi connectivity index (χ0) is 20.9. The Hall–Kier alpha value is -3.32. The molecule has 4 rings (SSSR count). The number of aryl methyl sites for hydroxylation is 1. The third-order valence-electron chi connectivity index (χ3n) is 4.92. The number of thioether (sulfide) groups is 1. The van der Waals surface area contributed by atoms with E-state index in [0.29, 0.717) is 17.7 Å². The molecule has 30 heavy (non-hydrogen) atoms. The molecule has 1 aromatic heterocycles. The summed E-state index contributed by atoms with van der Waals surface area (Å²) >= 11 is 0.927. The largest absolute Gasteiger partial charge is 0.361 e. The molecule has 0 radical (unpaired) electrons. The number of hydrogen-bond acceptors (Lipinski definition) is 4. The number of nitrogens with zero attached hydrogens (tertiary/aromatic N) is 1. The summed E-state index contributed by atoms with van der Waals surface area (Å²) in [5, 5.41) is 3.61. The molecule has 0 atom stereocenters. The molecule has 1 aliphatic heterocycles. The highest BCUT2D eigenvalue weighted by molar-refractivity contribution is 8.18. The zero-order valence-corrected chi connectivity index (χ0v) is 17.1. The summed E-state index contributed by atoms with van der Waals surface area (Å²) in [5.74, 6) is -0.422. The molecular formula is C23H21N3O3S. The molecule has 0 bridgehead atoms. The van der Waals surface area contributed by atoms with Crippen molar-refractivity contribution in [3.63, 3.8) is 0 Å². The maximum atomic E-state index is 12.5. The predicted octanol–water partition coefficient (Wildman–Crippen LogP) is 3.95. The molecule has 1 aliphatic rings. The zero-order valence-electron chi connectivity index (χ0n) is 16.3. The van der Waals surface area contributed by atoms with Gasteiger partial charge in [-0.05, 0) is 41.5 Å². The third-order valence-corrected chi connectivity index (χ3v) is 5.83. The van der Waals surface area contributed by atoms with Gasteiger partial charge in [-0.2, -0.15) is 0 Å². The van der Waals surface area contributed by atoms with Crippen LogP contribution in [0.1, 0.15) is 17.5 Å². The van der Waals surface area contributed by atoms with Crippen molar-refractivity contribution >= 4 is 45.8 Å². The lowest BCUT2D eigenvalue weighted by Crippen LogP contribution is -2.37. The van der Waals surface area contributed by atoms with E-state index in [4.69, 9.17) is 0 Å². The molecule has 0 aliphatic carbocycles. The van der Waals surface area contributed by atoms with Crippen LogP contribution in [0.2, 0.25) is 0 Å². The molecule has 2 aromatic carbocycles. The number of benzene rings is 2. The summed E-state index contributed by atoms with van der Waals surface area (Å²) in [7, 11) is 0. The third kappa shape index (κ3) is 4.46. The number of carbonyl (C=O) groups excluding carboxylic acids is 3. The normalized spacial score (nSPS) is 15.3. The van der Waals surface area contributed by atoms with E-state index in [1.807, 2.05) is 60.8 Å². The first kappa shape index (κ1) is 20.0. The minimum Gasteiger partial charge on any atom is -0.361 e. The van der Waals surface area contributed by atoms with Crippen LogP contribution in [0.25, 0.3) is 17.0 Å². The standard InChI is InChI=1S/C23H21N3O3S/c27-21(11-10-17-15-25-19-9-5-4-8-18(17)19)24-12-13-26-22(28)20(30-23(26)29)14-16-6-2-1-3-7-16/h1-9,14-15,25H,10-13H2,(H,24,27)/b20-14-. The van der Waals surface area contributed by atoms with Crippen molar-refractivity contribution in [1.29, 1.82) is 0 Å². The molecule has 2 N–H and O–H groups in total. The molecule has 0 saturated carbocycles. The first-order chi connectivity index (χ1) is 14.6. The second kappa shape index (κ2) is 9.00. The maximum Gasteiger partial charge on any atom is 0.293 e. The summed E-state index contributed by atoms with van der Waals surface area (Å²) in [6.45, 7) is 0.402. The molecule has 152 valence electrons. The van der Waals surface area contributed by atoms with Gasteiger partial charge in [-0.15, -0.1) is 0 Å². The second-order valence-corrected chi connectivity index (χ2v) is 7.95. The molecule has 6 nitrogen and oxygen atoms in total. The lowest BCUT2D eigenvalue weighted by molar-refractivity contribution is -0.124. The summed E-state index contributed by atoms with van der Waals surface area (Å²) in [5.41, 5.74) is 3.02. The van der Waals surface area contributed by atoms with Crippen molar-refractivity contribution in [2.24, 2.45) is 0 Å². The summed E-state index contributed by atoms with van der Waals surface area (Å²) in [6, 6.07) is 17.4. The Balaban J connectivity index is 1.26. The van der Waals surface area contributed by atoms with Crippen LogP contribution in [0.3, 0.4) is 0 Å². The van der Waals surface area contributed by atoms with E-state index in [1.165, 1.54) is 4.90 Å². The van der Waals surface area contributed by atoms with Gasteiger partial charge in [0.25, 0.3) is 11.1 Å². The fraction of sp³-hybridized carbons (Fsp3) is 0.174. The number of para-hydroxylation sites is 1. The van der Waals surface area contributed by atoms with E-state index in [2.05, 4.69) is 10.3 Å². The van der Waals surface area contributed by atoms with E-state index < -0.39 is 0 Å². The number of imide groups is 1. The lowest BCUT2D eigenvalue weighted by atomic mass is 10.1. The highest BCUT2D eigenvalue weighted by Crippen LogP contribution is 2.31. The van der Waals surface area contributed by atoms with Gasteiger partial charge in [0.2, 0.25) is 5.91 Å². The Morgan fingerprint density at radius 2 is 1.83 bits per heavy atom. The van der Waals surface area contributed by atoms with Crippen molar-refractivity contribution in [2.45, 2.75) is 12.8 Å². The predicted molar refractivity (Wildman–Crippen MR) is 119 cm³/mol. The minimum absolute atomic E-state index is 0.105. The molecule has 3 aromatic rings. The quantitative estimate of drug-likeness (QED) is 0.568. The number of amides is 3. The van der Waals surface area contributed by atoms with Crippen LogP contribution in [-0.2, 0) is 16.0 Å². The fourth-order valence-corrected chi connectivity index (χ4v) is 4.24. The number of nitrogens with one attached hydrogen (secondary N) is 2. The highest BCUT2D eigenvalue weighted by atomic mass is 32.2. The van der Waals surface area contributed by atoms with Gasteiger partial charge in [0.15, 0.2) is 0 Å². The number of rotatable bonds is 7. The van der Waals surface area contributed by atoms with Gasteiger partial charge < -0.3 is 10.3 Å². The van der Waals surface area contributed by atoms with Gasteiger partial charge in [-0.3, -0.25) is 19.3 Å². The maximum absolute atomic E-state index is 12.5. The van der Waals surface area contributed by atoms with Crippen molar-refractivity contribution in [1.82, 2.24) is 15.2 Å². The Kier molecular flexibility index (Phi) is 5.99. The summed E-state index contributed by atoms with van der Waals surface area (Å²) in [6.07, 6.45) is 4.61. The topological polar surface area (TPSA) is 82.3 Å². The monoisotopic (exact) mass is 419 g/mol. The summed E-state index contributed by atoms with van der Waals surface area (Å²) < 4.78 is 0. The molecule has 3 amide bonds. The number of H-pyrrole nitrogens is 1. The summed E-state index contributed by atoms with van der Waals surface area (Å²) in [4.78, 5) is 41.7. The van der Waals surface area contributed by atoms with Crippen LogP contribution >= 0.6 is 11.8 Å². The van der Waals surface area contributed by atoms with Crippen molar-refractivity contribution in [3.05, 3.63) is 76.8 Å². The first-order valence-electron chi connectivity index (χ1n) is 9.74. The Labute approximate surface area is 178 Å². The number of carbonyl (C=O) groups is 3. The Morgan fingerprint density at radius 3 is 2.67 bits per heavy atom. The molecule has 0 spiro atoms. The van der Waals surface area contributed by atoms with Gasteiger partial charge >= 0.3 is 0 Å². The van der Waals surface area contributed by atoms with Gasteiger partial charge in [0, 0.05) is 36.6 Å². The first-order valence-corrected chi connectivity index (χ1v) is 10.6. The highest BCUT2D eigenvalue weighted by Gasteiger charge is 2.34. The van der Waals surface area contributed by atoms with Crippen LogP contribution in [0.5, 0.6) is 0 Å². The van der Waals surface area contributed by atoms with E-state index in [-0.39, 0.29) is 30.1 Å². The molecule has 0 unspecified atom stereocenters. The van der Waals surface area contributed by atoms with Crippen LogP contribution < -0.4 is 5.32 Å². The molecule has 1 fully saturated rings. The van der Waals surface area contributed by atoms with Crippen LogP contribution in [0, 0.1) is 0 Å². The molecule has 1 saturated heterocycles. The smallest absolute Gasteiger partial charge is 0.293 e. The Bertz CT molecular complexity index is 1120. The van der Waals surface area contributed by atoms with Crippen molar-refractivity contribution in [2.75, 3.05) is 13.1 Å². The number of fused-ring (bicyclic) bond motifs is 1. The average molecular weight is 420 g/mol. The van der Waals surface area contributed by atoms with Crippen LogP contribution in [0.4, 0.5) is 4.79 Å². The number of aromatic nitrogens is 1. The molecular weight excluding hydrogens is 398 g/mol. The lowest BCUT2D eigenvalue weighted by Gasteiger charge is -2.13. The number of aromatic amines is 1. The van der Waals surface area contributed by atoms with Crippen LogP contribution in [0.15, 0.2) is 65.7 Å². The van der Waals surface area contributed by atoms with E-state index >= 15 is 0 Å².